The smallest absolute Gasteiger partial charge is 0.0701 e. The van der Waals surface area contributed by atoms with Crippen molar-refractivity contribution in [2.75, 3.05) is 13.2 Å². The molecule has 12 heavy (non-hydrogen) atoms. The van der Waals surface area contributed by atoms with Gasteiger partial charge in [-0.2, -0.15) is 0 Å². The molecule has 0 aromatic rings. The Balaban J connectivity index is 0.000000330. The summed E-state index contributed by atoms with van der Waals surface area (Å²) in [6.07, 6.45) is 0. The highest BCUT2D eigenvalue weighted by molar-refractivity contribution is 4.68. The lowest BCUT2D eigenvalue weighted by molar-refractivity contribution is -0.102. The van der Waals surface area contributed by atoms with Crippen molar-refractivity contribution in [2.45, 2.75) is 52.7 Å². The van der Waals surface area contributed by atoms with Gasteiger partial charge in [0.2, 0.25) is 0 Å². The van der Waals surface area contributed by atoms with E-state index in [1.807, 2.05) is 0 Å². The fourth-order valence-electron chi connectivity index (χ4n) is 0.919. The highest BCUT2D eigenvalue weighted by atomic mass is 16.6. The first-order valence-electron chi connectivity index (χ1n) is 4.49. The molecule has 1 saturated heterocycles. The van der Waals surface area contributed by atoms with Gasteiger partial charge < -0.3 is 9.47 Å². The van der Waals surface area contributed by atoms with E-state index in [0.717, 1.165) is 13.2 Å². The number of hydrogen-bond donors (Lipinski definition) is 0. The van der Waals surface area contributed by atoms with Crippen molar-refractivity contribution in [2.24, 2.45) is 0 Å². The van der Waals surface area contributed by atoms with Gasteiger partial charge in [0.05, 0.1) is 24.4 Å². The Morgan fingerprint density at radius 2 is 1.08 bits per heavy atom. The van der Waals surface area contributed by atoms with Gasteiger partial charge in [-0.15, -0.1) is 0 Å². The Hall–Kier alpha value is -0.0800. The first kappa shape index (κ1) is 11.9. The first-order chi connectivity index (χ1) is 5.21. The van der Waals surface area contributed by atoms with Crippen molar-refractivity contribution in [1.29, 1.82) is 0 Å². The SMILES string of the molecule is C1CO1.CC(C)(C)OC(C)(C)C. The molecule has 2 nitrogen and oxygen atoms in total. The molecule has 1 heterocycles. The summed E-state index contributed by atoms with van der Waals surface area (Å²) in [5.41, 5.74) is -0.0312. The van der Waals surface area contributed by atoms with Crippen molar-refractivity contribution in [3.05, 3.63) is 0 Å². The maximum Gasteiger partial charge on any atom is 0.0701 e. The fraction of sp³-hybridized carbons (Fsp3) is 1.00. The quantitative estimate of drug-likeness (QED) is 0.526. The van der Waals surface area contributed by atoms with Crippen molar-refractivity contribution < 1.29 is 9.47 Å². The van der Waals surface area contributed by atoms with Crippen LogP contribution in [0.2, 0.25) is 0 Å². The molecule has 0 saturated carbocycles. The van der Waals surface area contributed by atoms with Crippen LogP contribution in [0.25, 0.3) is 0 Å². The molecule has 1 rings (SSSR count). The molecule has 1 aliphatic heterocycles. The van der Waals surface area contributed by atoms with Crippen LogP contribution in [0.1, 0.15) is 41.5 Å². The lowest BCUT2D eigenvalue weighted by Crippen LogP contribution is -2.31. The van der Waals surface area contributed by atoms with E-state index in [9.17, 15) is 0 Å². The lowest BCUT2D eigenvalue weighted by Gasteiger charge is -2.30. The summed E-state index contributed by atoms with van der Waals surface area (Å²) >= 11 is 0. The Morgan fingerprint density at radius 1 is 0.833 bits per heavy atom. The maximum atomic E-state index is 5.62. The zero-order chi connectivity index (χ0) is 9.83. The molecule has 2 heteroatoms. The highest BCUT2D eigenvalue weighted by Gasteiger charge is 2.19. The first-order valence-corrected chi connectivity index (χ1v) is 4.49. The van der Waals surface area contributed by atoms with Crippen LogP contribution in [0.3, 0.4) is 0 Å². The number of epoxide rings is 1. The molecule has 1 fully saturated rings. The summed E-state index contributed by atoms with van der Waals surface area (Å²) in [6, 6.07) is 0. The molecule has 0 amide bonds. The number of hydrogen-bond acceptors (Lipinski definition) is 2. The summed E-state index contributed by atoms with van der Waals surface area (Å²) in [5.74, 6) is 0. The van der Waals surface area contributed by atoms with E-state index in [1.54, 1.807) is 0 Å². The Kier molecular flexibility index (Phi) is 4.21. The van der Waals surface area contributed by atoms with Crippen molar-refractivity contribution >= 4 is 0 Å². The van der Waals surface area contributed by atoms with E-state index in [2.05, 4.69) is 46.3 Å². The minimum absolute atomic E-state index is 0.0156. The maximum absolute atomic E-state index is 5.62. The van der Waals surface area contributed by atoms with Gasteiger partial charge in [-0.25, -0.2) is 0 Å². The van der Waals surface area contributed by atoms with Gasteiger partial charge in [0.1, 0.15) is 0 Å². The second-order valence-electron chi connectivity index (χ2n) is 4.94. The topological polar surface area (TPSA) is 21.8 Å². The fourth-order valence-corrected chi connectivity index (χ4v) is 0.919. The van der Waals surface area contributed by atoms with Gasteiger partial charge in [-0.05, 0) is 41.5 Å². The van der Waals surface area contributed by atoms with Crippen molar-refractivity contribution in [1.82, 2.24) is 0 Å². The summed E-state index contributed by atoms with van der Waals surface area (Å²) in [6.45, 7) is 14.4. The van der Waals surface area contributed by atoms with Crippen LogP contribution in [0.4, 0.5) is 0 Å². The van der Waals surface area contributed by atoms with Crippen LogP contribution in [-0.2, 0) is 9.47 Å². The van der Waals surface area contributed by atoms with Crippen LogP contribution in [0, 0.1) is 0 Å². The zero-order valence-corrected chi connectivity index (χ0v) is 9.23. The van der Waals surface area contributed by atoms with E-state index in [0.29, 0.717) is 0 Å². The molecule has 0 radical (unpaired) electrons. The molecular formula is C10H22O2. The van der Waals surface area contributed by atoms with Gasteiger partial charge >= 0.3 is 0 Å². The third kappa shape index (κ3) is 16.5. The summed E-state index contributed by atoms with van der Waals surface area (Å²) in [5, 5.41) is 0. The number of rotatable bonds is 0. The van der Waals surface area contributed by atoms with E-state index in [4.69, 9.17) is 4.74 Å². The third-order valence-corrected chi connectivity index (χ3v) is 0.816. The minimum atomic E-state index is -0.0156. The monoisotopic (exact) mass is 174 g/mol. The molecule has 0 unspecified atom stereocenters. The molecule has 0 bridgehead atoms. The summed E-state index contributed by atoms with van der Waals surface area (Å²) in [7, 11) is 0. The largest absolute Gasteiger partial charge is 0.377 e. The third-order valence-electron chi connectivity index (χ3n) is 0.816. The van der Waals surface area contributed by atoms with Gasteiger partial charge in [-0.3, -0.25) is 0 Å². The Bertz CT molecular complexity index is 100. The Morgan fingerprint density at radius 3 is 1.08 bits per heavy atom. The molecule has 1 aliphatic rings. The van der Waals surface area contributed by atoms with Gasteiger partial charge in [0.15, 0.2) is 0 Å². The zero-order valence-electron chi connectivity index (χ0n) is 9.23. The van der Waals surface area contributed by atoms with Gasteiger partial charge in [0.25, 0.3) is 0 Å². The van der Waals surface area contributed by atoms with Crippen molar-refractivity contribution in [3.63, 3.8) is 0 Å². The average Bonchev–Trinajstić information content (AvgIpc) is 2.28. The molecule has 0 atom stereocenters. The van der Waals surface area contributed by atoms with Crippen molar-refractivity contribution in [3.8, 4) is 0 Å². The normalized spacial score (nSPS) is 16.5. The van der Waals surface area contributed by atoms with Crippen LogP contribution >= 0.6 is 0 Å². The second kappa shape index (κ2) is 4.24. The van der Waals surface area contributed by atoms with Crippen LogP contribution in [0.15, 0.2) is 0 Å². The highest BCUT2D eigenvalue weighted by Crippen LogP contribution is 2.17. The standard InChI is InChI=1S/C8H18O.C2H4O/c1-7(2,3)9-8(4,5)6;1-2-3-1/h1-6H3;1-2H2. The molecular weight excluding hydrogens is 152 g/mol. The molecule has 0 aromatic heterocycles. The predicted molar refractivity (Wildman–Crippen MR) is 51.4 cm³/mol. The average molecular weight is 174 g/mol. The summed E-state index contributed by atoms with van der Waals surface area (Å²) < 4.78 is 10.1. The minimum Gasteiger partial charge on any atom is -0.377 e. The van der Waals surface area contributed by atoms with E-state index >= 15 is 0 Å². The van der Waals surface area contributed by atoms with E-state index in [-0.39, 0.29) is 11.2 Å². The van der Waals surface area contributed by atoms with Gasteiger partial charge in [0, 0.05) is 0 Å². The molecule has 0 N–H and O–H groups in total. The van der Waals surface area contributed by atoms with E-state index < -0.39 is 0 Å². The molecule has 74 valence electrons. The molecule has 0 aromatic carbocycles. The van der Waals surface area contributed by atoms with Crippen LogP contribution in [-0.4, -0.2) is 24.4 Å². The number of ether oxygens (including phenoxy) is 2. The van der Waals surface area contributed by atoms with Crippen LogP contribution < -0.4 is 0 Å². The molecule has 0 aliphatic carbocycles. The second-order valence-corrected chi connectivity index (χ2v) is 4.94. The van der Waals surface area contributed by atoms with E-state index in [1.165, 1.54) is 0 Å². The lowest BCUT2D eigenvalue weighted by atomic mass is 10.1. The molecule has 0 spiro atoms. The summed E-state index contributed by atoms with van der Waals surface area (Å²) in [4.78, 5) is 0. The van der Waals surface area contributed by atoms with Gasteiger partial charge in [-0.1, -0.05) is 0 Å². The Labute approximate surface area is 76.3 Å². The predicted octanol–water partition coefficient (Wildman–Crippen LogP) is 2.62. The van der Waals surface area contributed by atoms with Crippen LogP contribution in [0.5, 0.6) is 0 Å².